The first-order valence-corrected chi connectivity index (χ1v) is 8.76. The van der Waals surface area contributed by atoms with E-state index in [1.807, 2.05) is 38.1 Å². The number of rotatable bonds is 7. The van der Waals surface area contributed by atoms with E-state index in [1.165, 1.54) is 14.2 Å². The highest BCUT2D eigenvalue weighted by atomic mass is 16.5. The second-order valence-corrected chi connectivity index (χ2v) is 5.99. The summed E-state index contributed by atoms with van der Waals surface area (Å²) in [6, 6.07) is 12.5. The van der Waals surface area contributed by atoms with Crippen LogP contribution in [0.25, 0.3) is 11.0 Å². The molecule has 6 heteroatoms. The zero-order valence-electron chi connectivity index (χ0n) is 15.9. The van der Waals surface area contributed by atoms with Gasteiger partial charge in [0.1, 0.15) is 5.76 Å². The molecule has 1 atom stereocenters. The number of nitrogens with one attached hydrogen (secondary N) is 1. The Labute approximate surface area is 158 Å². The van der Waals surface area contributed by atoms with Crippen molar-refractivity contribution in [1.82, 2.24) is 5.32 Å². The molecule has 0 aliphatic rings. The number of ether oxygens (including phenoxy) is 3. The maximum atomic E-state index is 12.7. The molecule has 3 rings (SSSR count). The van der Waals surface area contributed by atoms with Crippen LogP contribution in [-0.2, 0) is 0 Å². The van der Waals surface area contributed by atoms with Gasteiger partial charge in [-0.05, 0) is 38.1 Å². The van der Waals surface area contributed by atoms with Gasteiger partial charge in [0.15, 0.2) is 22.8 Å². The molecule has 27 heavy (non-hydrogen) atoms. The van der Waals surface area contributed by atoms with Crippen molar-refractivity contribution < 1.29 is 23.4 Å². The number of methoxy groups -OCH3 is 2. The Balaban J connectivity index is 1.85. The lowest BCUT2D eigenvalue weighted by Crippen LogP contribution is -2.26. The number of benzene rings is 2. The van der Waals surface area contributed by atoms with E-state index < -0.39 is 0 Å². The lowest BCUT2D eigenvalue weighted by atomic mass is 10.1. The zero-order valence-corrected chi connectivity index (χ0v) is 15.9. The minimum atomic E-state index is -0.338. The fourth-order valence-corrected chi connectivity index (χ4v) is 2.95. The number of fused-ring (bicyclic) bond motifs is 1. The Bertz CT molecular complexity index is 947. The summed E-state index contributed by atoms with van der Waals surface area (Å²) < 4.78 is 22.2. The highest BCUT2D eigenvalue weighted by Gasteiger charge is 2.21. The number of carbonyl (C=O) groups is 1. The van der Waals surface area contributed by atoms with Gasteiger partial charge in [0.05, 0.1) is 32.4 Å². The van der Waals surface area contributed by atoms with Crippen LogP contribution in [-0.4, -0.2) is 26.7 Å². The van der Waals surface area contributed by atoms with Crippen LogP contribution in [0.3, 0.4) is 0 Å². The summed E-state index contributed by atoms with van der Waals surface area (Å²) in [6.45, 7) is 4.34. The van der Waals surface area contributed by atoms with Crippen molar-refractivity contribution in [2.75, 3.05) is 20.8 Å². The lowest BCUT2D eigenvalue weighted by molar-refractivity contribution is 0.0932. The van der Waals surface area contributed by atoms with Gasteiger partial charge in [0, 0.05) is 5.39 Å². The van der Waals surface area contributed by atoms with Gasteiger partial charge in [0.2, 0.25) is 0 Å². The van der Waals surface area contributed by atoms with Crippen molar-refractivity contribution in [3.63, 3.8) is 0 Å². The SMILES string of the molecule is CCOc1cccc2cc(C(C)NC(=O)c3cccc(OC)c3OC)oc12. The van der Waals surface area contributed by atoms with Gasteiger partial charge in [-0.2, -0.15) is 0 Å². The standard InChI is InChI=1S/C21H23NO5/c1-5-26-17-11-6-8-14-12-18(27-19(14)17)13(2)22-21(23)15-9-7-10-16(24-3)20(15)25-4/h6-13H,5H2,1-4H3,(H,22,23). The van der Waals surface area contributed by atoms with E-state index in [0.29, 0.717) is 40.8 Å². The Morgan fingerprint density at radius 1 is 1.11 bits per heavy atom. The molecule has 142 valence electrons. The van der Waals surface area contributed by atoms with Gasteiger partial charge in [-0.1, -0.05) is 18.2 Å². The third-order valence-corrected chi connectivity index (χ3v) is 4.25. The van der Waals surface area contributed by atoms with Crippen molar-refractivity contribution in [3.05, 3.63) is 53.8 Å². The predicted octanol–water partition coefficient (Wildman–Crippen LogP) is 4.34. The van der Waals surface area contributed by atoms with Crippen molar-refractivity contribution in [3.8, 4) is 17.2 Å². The monoisotopic (exact) mass is 369 g/mol. The van der Waals surface area contributed by atoms with Gasteiger partial charge >= 0.3 is 0 Å². The minimum Gasteiger partial charge on any atom is -0.493 e. The Morgan fingerprint density at radius 3 is 2.56 bits per heavy atom. The summed E-state index contributed by atoms with van der Waals surface area (Å²) in [7, 11) is 3.04. The molecule has 1 N–H and O–H groups in total. The molecule has 0 saturated heterocycles. The number of para-hydroxylation sites is 2. The van der Waals surface area contributed by atoms with E-state index >= 15 is 0 Å². The predicted molar refractivity (Wildman–Crippen MR) is 103 cm³/mol. The van der Waals surface area contributed by atoms with Gasteiger partial charge in [-0.25, -0.2) is 0 Å². The van der Waals surface area contributed by atoms with Crippen LogP contribution in [0.15, 0.2) is 46.9 Å². The average Bonchev–Trinajstić information content (AvgIpc) is 3.13. The third kappa shape index (κ3) is 3.69. The number of carbonyl (C=O) groups excluding carboxylic acids is 1. The van der Waals surface area contributed by atoms with Gasteiger partial charge in [-0.3, -0.25) is 4.79 Å². The molecular formula is C21H23NO5. The summed E-state index contributed by atoms with van der Waals surface area (Å²) in [5.41, 5.74) is 1.07. The van der Waals surface area contributed by atoms with Gasteiger partial charge < -0.3 is 23.9 Å². The van der Waals surface area contributed by atoms with E-state index in [1.54, 1.807) is 18.2 Å². The molecule has 2 aromatic carbocycles. The third-order valence-electron chi connectivity index (χ3n) is 4.25. The average molecular weight is 369 g/mol. The summed E-state index contributed by atoms with van der Waals surface area (Å²) in [6.07, 6.45) is 0. The van der Waals surface area contributed by atoms with E-state index in [-0.39, 0.29) is 11.9 Å². The minimum absolute atomic E-state index is 0.274. The molecule has 1 amide bonds. The van der Waals surface area contributed by atoms with Crippen molar-refractivity contribution in [1.29, 1.82) is 0 Å². The smallest absolute Gasteiger partial charge is 0.255 e. The zero-order chi connectivity index (χ0) is 19.4. The molecule has 1 heterocycles. The van der Waals surface area contributed by atoms with Crippen LogP contribution in [0.4, 0.5) is 0 Å². The van der Waals surface area contributed by atoms with Crippen LogP contribution in [0.1, 0.15) is 36.0 Å². The van der Waals surface area contributed by atoms with Crippen molar-refractivity contribution in [2.24, 2.45) is 0 Å². The summed E-state index contributed by atoms with van der Waals surface area (Å²) in [5, 5.41) is 3.87. The number of furan rings is 1. The number of hydrogen-bond acceptors (Lipinski definition) is 5. The Hall–Kier alpha value is -3.15. The molecule has 0 aliphatic carbocycles. The fourth-order valence-electron chi connectivity index (χ4n) is 2.95. The van der Waals surface area contributed by atoms with E-state index in [9.17, 15) is 4.79 Å². The quantitative estimate of drug-likeness (QED) is 0.671. The van der Waals surface area contributed by atoms with Crippen LogP contribution >= 0.6 is 0 Å². The molecule has 0 aliphatic heterocycles. The second-order valence-electron chi connectivity index (χ2n) is 5.99. The fraction of sp³-hybridized carbons (Fsp3) is 0.286. The van der Waals surface area contributed by atoms with Gasteiger partial charge in [0.25, 0.3) is 5.91 Å². The summed E-state index contributed by atoms with van der Waals surface area (Å²) >= 11 is 0. The molecule has 0 saturated carbocycles. The molecule has 0 bridgehead atoms. The van der Waals surface area contributed by atoms with Crippen LogP contribution in [0, 0.1) is 0 Å². The summed E-state index contributed by atoms with van der Waals surface area (Å²) in [4.78, 5) is 12.7. The van der Waals surface area contributed by atoms with Crippen molar-refractivity contribution in [2.45, 2.75) is 19.9 Å². The van der Waals surface area contributed by atoms with Crippen LogP contribution < -0.4 is 19.5 Å². The largest absolute Gasteiger partial charge is 0.493 e. The Morgan fingerprint density at radius 2 is 1.85 bits per heavy atom. The molecule has 1 aromatic heterocycles. The first kappa shape index (κ1) is 18.6. The lowest BCUT2D eigenvalue weighted by Gasteiger charge is -2.15. The second kappa shape index (κ2) is 8.03. The molecule has 0 spiro atoms. The highest BCUT2D eigenvalue weighted by Crippen LogP contribution is 2.33. The maximum absolute atomic E-state index is 12.7. The number of hydrogen-bond donors (Lipinski definition) is 1. The Kier molecular flexibility index (Phi) is 5.54. The molecule has 6 nitrogen and oxygen atoms in total. The van der Waals surface area contributed by atoms with E-state index in [0.717, 1.165) is 5.39 Å². The first-order valence-electron chi connectivity index (χ1n) is 8.76. The topological polar surface area (TPSA) is 69.9 Å². The molecule has 1 unspecified atom stereocenters. The normalized spacial score (nSPS) is 11.9. The molecule has 0 radical (unpaired) electrons. The van der Waals surface area contributed by atoms with E-state index in [4.69, 9.17) is 18.6 Å². The first-order chi connectivity index (χ1) is 13.1. The highest BCUT2D eigenvalue weighted by molar-refractivity contribution is 5.98. The summed E-state index contributed by atoms with van der Waals surface area (Å²) in [5.74, 6) is 1.96. The van der Waals surface area contributed by atoms with Gasteiger partial charge in [-0.15, -0.1) is 0 Å². The number of amides is 1. The molecular weight excluding hydrogens is 346 g/mol. The maximum Gasteiger partial charge on any atom is 0.255 e. The van der Waals surface area contributed by atoms with Crippen LogP contribution in [0.2, 0.25) is 0 Å². The van der Waals surface area contributed by atoms with E-state index in [2.05, 4.69) is 5.32 Å². The van der Waals surface area contributed by atoms with Crippen LogP contribution in [0.5, 0.6) is 17.2 Å². The van der Waals surface area contributed by atoms with Crippen molar-refractivity contribution >= 4 is 16.9 Å². The molecule has 3 aromatic rings. The molecule has 0 fully saturated rings.